The van der Waals surface area contributed by atoms with Crippen LogP contribution in [0.5, 0.6) is 11.9 Å². The van der Waals surface area contributed by atoms with Crippen LogP contribution in [0.3, 0.4) is 0 Å². The van der Waals surface area contributed by atoms with E-state index in [0.29, 0.717) is 29.6 Å². The summed E-state index contributed by atoms with van der Waals surface area (Å²) in [7, 11) is 0. The zero-order valence-corrected chi connectivity index (χ0v) is 16.3. The lowest BCUT2D eigenvalue weighted by atomic mass is 10.1. The van der Waals surface area contributed by atoms with Crippen LogP contribution in [0.2, 0.25) is 5.02 Å². The number of halogens is 1. The van der Waals surface area contributed by atoms with E-state index in [1.165, 1.54) is 25.2 Å². The lowest BCUT2D eigenvalue weighted by Gasteiger charge is -2.32. The molecular formula is C20H23ClN4O3. The molecule has 2 aromatic heterocycles. The van der Waals surface area contributed by atoms with Crippen LogP contribution in [0.15, 0.2) is 30.7 Å². The molecule has 148 valence electrons. The van der Waals surface area contributed by atoms with Gasteiger partial charge in [-0.05, 0) is 44.6 Å². The number of nitrogens with zero attached hydrogens (tertiary/aromatic N) is 4. The molecule has 0 bridgehead atoms. The van der Waals surface area contributed by atoms with Gasteiger partial charge in [0.25, 0.3) is 5.91 Å². The number of amides is 1. The van der Waals surface area contributed by atoms with E-state index in [1.807, 2.05) is 0 Å². The fourth-order valence-corrected chi connectivity index (χ4v) is 3.76. The molecule has 1 aliphatic carbocycles. The summed E-state index contributed by atoms with van der Waals surface area (Å²) in [6, 6.07) is 3.84. The molecule has 1 saturated heterocycles. The molecule has 0 aromatic carbocycles. The fraction of sp³-hybridized carbons (Fsp3) is 0.500. The first-order valence-corrected chi connectivity index (χ1v) is 10.1. The predicted octanol–water partition coefficient (Wildman–Crippen LogP) is 3.53. The van der Waals surface area contributed by atoms with Crippen molar-refractivity contribution >= 4 is 17.5 Å². The summed E-state index contributed by atoms with van der Waals surface area (Å²) in [5.74, 6) is 0.536. The molecule has 2 aliphatic rings. The van der Waals surface area contributed by atoms with Crippen LogP contribution in [-0.2, 0) is 0 Å². The highest BCUT2D eigenvalue weighted by molar-refractivity contribution is 6.30. The monoisotopic (exact) mass is 402 g/mol. The minimum absolute atomic E-state index is 0.0507. The van der Waals surface area contributed by atoms with Gasteiger partial charge in [0.15, 0.2) is 0 Å². The number of aromatic nitrogens is 3. The van der Waals surface area contributed by atoms with Crippen molar-refractivity contribution in [2.24, 2.45) is 0 Å². The van der Waals surface area contributed by atoms with E-state index in [-0.39, 0.29) is 24.1 Å². The maximum atomic E-state index is 12.8. The van der Waals surface area contributed by atoms with Gasteiger partial charge >= 0.3 is 6.01 Å². The van der Waals surface area contributed by atoms with Crippen molar-refractivity contribution in [3.8, 4) is 11.9 Å². The Morgan fingerprint density at radius 3 is 2.43 bits per heavy atom. The molecule has 7 nitrogen and oxygen atoms in total. The normalized spacial score (nSPS) is 20.2. The van der Waals surface area contributed by atoms with E-state index >= 15 is 0 Å². The Balaban J connectivity index is 1.34. The van der Waals surface area contributed by atoms with Crippen molar-refractivity contribution in [1.82, 2.24) is 19.9 Å². The minimum atomic E-state index is -0.142. The standard InChI is InChI=1S/C20H23ClN4O3/c21-15-11-23-20(24-12-15)28-17-6-3-9-25(13-17)19(26)14-7-8-18(22-10-14)27-16-4-1-2-5-16/h7-8,10-12,16-17H,1-6,9,13H2. The van der Waals surface area contributed by atoms with Gasteiger partial charge in [0, 0.05) is 18.8 Å². The molecule has 1 saturated carbocycles. The van der Waals surface area contributed by atoms with Crippen molar-refractivity contribution in [2.45, 2.75) is 50.7 Å². The van der Waals surface area contributed by atoms with Crippen LogP contribution in [0, 0.1) is 0 Å². The van der Waals surface area contributed by atoms with E-state index in [0.717, 1.165) is 25.7 Å². The van der Waals surface area contributed by atoms with Gasteiger partial charge in [0.2, 0.25) is 5.88 Å². The first-order valence-electron chi connectivity index (χ1n) is 9.73. The van der Waals surface area contributed by atoms with Crippen molar-refractivity contribution in [1.29, 1.82) is 0 Å². The number of hydrogen-bond donors (Lipinski definition) is 0. The number of carbonyl (C=O) groups is 1. The van der Waals surface area contributed by atoms with Gasteiger partial charge in [-0.15, -0.1) is 0 Å². The second kappa shape index (κ2) is 8.73. The number of hydrogen-bond acceptors (Lipinski definition) is 6. The van der Waals surface area contributed by atoms with E-state index in [4.69, 9.17) is 21.1 Å². The highest BCUT2D eigenvalue weighted by Crippen LogP contribution is 2.23. The van der Waals surface area contributed by atoms with Crippen molar-refractivity contribution in [2.75, 3.05) is 13.1 Å². The lowest BCUT2D eigenvalue weighted by molar-refractivity contribution is 0.0515. The maximum Gasteiger partial charge on any atom is 0.316 e. The van der Waals surface area contributed by atoms with Crippen molar-refractivity contribution in [3.05, 3.63) is 41.3 Å². The van der Waals surface area contributed by atoms with Crippen LogP contribution in [0.1, 0.15) is 48.9 Å². The molecule has 1 amide bonds. The quantitative estimate of drug-likeness (QED) is 0.761. The Bertz CT molecular complexity index is 794. The molecule has 8 heteroatoms. The van der Waals surface area contributed by atoms with Gasteiger partial charge in [-0.1, -0.05) is 11.6 Å². The van der Waals surface area contributed by atoms with Crippen LogP contribution in [-0.4, -0.2) is 51.1 Å². The van der Waals surface area contributed by atoms with Crippen LogP contribution < -0.4 is 9.47 Å². The summed E-state index contributed by atoms with van der Waals surface area (Å²) in [5, 5.41) is 0.459. The summed E-state index contributed by atoms with van der Waals surface area (Å²) in [6.07, 6.45) is 11.0. The lowest BCUT2D eigenvalue weighted by Crippen LogP contribution is -2.44. The molecule has 0 radical (unpaired) electrons. The van der Waals surface area contributed by atoms with Gasteiger partial charge in [0.05, 0.1) is 29.5 Å². The number of pyridine rings is 1. The zero-order chi connectivity index (χ0) is 19.3. The SMILES string of the molecule is O=C(c1ccc(OC2CCCC2)nc1)N1CCCC(Oc2ncc(Cl)cn2)C1. The molecule has 28 heavy (non-hydrogen) atoms. The third-order valence-electron chi connectivity index (χ3n) is 5.11. The first kappa shape index (κ1) is 18.9. The van der Waals surface area contributed by atoms with Gasteiger partial charge in [-0.25, -0.2) is 15.0 Å². The average molecular weight is 403 g/mol. The van der Waals surface area contributed by atoms with Gasteiger partial charge in [-0.3, -0.25) is 4.79 Å². The highest BCUT2D eigenvalue weighted by atomic mass is 35.5. The second-order valence-electron chi connectivity index (χ2n) is 7.23. The number of carbonyl (C=O) groups excluding carboxylic acids is 1. The van der Waals surface area contributed by atoms with Crippen molar-refractivity contribution < 1.29 is 14.3 Å². The Labute approximate surface area is 169 Å². The third-order valence-corrected chi connectivity index (χ3v) is 5.30. The molecule has 2 aromatic rings. The average Bonchev–Trinajstić information content (AvgIpc) is 3.23. The Morgan fingerprint density at radius 2 is 1.71 bits per heavy atom. The van der Waals surface area contributed by atoms with Crippen LogP contribution >= 0.6 is 11.6 Å². The van der Waals surface area contributed by atoms with E-state index in [1.54, 1.807) is 23.2 Å². The molecule has 1 unspecified atom stereocenters. The number of piperidine rings is 1. The summed E-state index contributed by atoms with van der Waals surface area (Å²) >= 11 is 5.80. The van der Waals surface area contributed by atoms with Gasteiger partial charge < -0.3 is 14.4 Å². The topological polar surface area (TPSA) is 77.4 Å². The number of ether oxygens (including phenoxy) is 2. The zero-order valence-electron chi connectivity index (χ0n) is 15.6. The molecular weight excluding hydrogens is 380 g/mol. The predicted molar refractivity (Wildman–Crippen MR) is 104 cm³/mol. The van der Waals surface area contributed by atoms with Gasteiger partial charge in [-0.2, -0.15) is 0 Å². The van der Waals surface area contributed by atoms with Gasteiger partial charge in [0.1, 0.15) is 12.2 Å². The van der Waals surface area contributed by atoms with Crippen molar-refractivity contribution in [3.63, 3.8) is 0 Å². The van der Waals surface area contributed by atoms with E-state index in [9.17, 15) is 4.79 Å². The summed E-state index contributed by atoms with van der Waals surface area (Å²) < 4.78 is 11.7. The molecule has 3 heterocycles. The Morgan fingerprint density at radius 1 is 0.964 bits per heavy atom. The molecule has 0 N–H and O–H groups in total. The number of rotatable bonds is 5. The number of likely N-dealkylation sites (tertiary alicyclic amines) is 1. The fourth-order valence-electron chi connectivity index (χ4n) is 3.67. The smallest absolute Gasteiger partial charge is 0.316 e. The first-order chi connectivity index (χ1) is 13.7. The molecule has 0 spiro atoms. The summed E-state index contributed by atoms with van der Waals surface area (Å²) in [6.45, 7) is 1.19. The summed E-state index contributed by atoms with van der Waals surface area (Å²) in [4.78, 5) is 27.1. The summed E-state index contributed by atoms with van der Waals surface area (Å²) in [5.41, 5.74) is 0.558. The van der Waals surface area contributed by atoms with Crippen LogP contribution in [0.25, 0.3) is 0 Å². The largest absolute Gasteiger partial charge is 0.474 e. The van der Waals surface area contributed by atoms with E-state index < -0.39 is 0 Å². The molecule has 1 atom stereocenters. The Hall–Kier alpha value is -2.41. The van der Waals surface area contributed by atoms with E-state index in [2.05, 4.69) is 15.0 Å². The molecule has 4 rings (SSSR count). The second-order valence-corrected chi connectivity index (χ2v) is 7.66. The Kier molecular flexibility index (Phi) is 5.90. The highest BCUT2D eigenvalue weighted by Gasteiger charge is 2.26. The third kappa shape index (κ3) is 4.70. The molecule has 2 fully saturated rings. The minimum Gasteiger partial charge on any atom is -0.474 e. The molecule has 1 aliphatic heterocycles. The van der Waals surface area contributed by atoms with Crippen LogP contribution in [0.4, 0.5) is 0 Å². The maximum absolute atomic E-state index is 12.8.